The molecular weight excluding hydrogens is 266 g/mol. The summed E-state index contributed by atoms with van der Waals surface area (Å²) >= 11 is 0. The number of hydrogen-bond donors (Lipinski definition) is 2. The fourth-order valence-electron chi connectivity index (χ4n) is 1.67. The highest BCUT2D eigenvalue weighted by molar-refractivity contribution is 7.89. The van der Waals surface area contributed by atoms with Gasteiger partial charge in [-0.2, -0.15) is 4.31 Å². The van der Waals surface area contributed by atoms with Crippen LogP contribution in [0.4, 0.5) is 0 Å². The molecule has 1 aromatic rings. The standard InChI is InChI=1S/C11H21N5O2S/c1-5-16-7-10(14-9(16)3)19(17,18)15(4)6-8(2)11(12)13/h7-8H,5-6H2,1-4H3,(H3,12,13). The molecule has 0 saturated heterocycles. The Hall–Kier alpha value is -1.41. The molecule has 0 spiro atoms. The molecule has 1 atom stereocenters. The number of sulfonamides is 1. The Balaban J connectivity index is 2.99. The molecule has 0 bridgehead atoms. The van der Waals surface area contributed by atoms with Gasteiger partial charge in [-0.1, -0.05) is 6.92 Å². The molecule has 3 N–H and O–H groups in total. The fourth-order valence-corrected chi connectivity index (χ4v) is 2.91. The first kappa shape index (κ1) is 15.6. The van der Waals surface area contributed by atoms with Crippen LogP contribution in [0, 0.1) is 18.3 Å². The highest BCUT2D eigenvalue weighted by Crippen LogP contribution is 2.15. The van der Waals surface area contributed by atoms with Crippen LogP contribution >= 0.6 is 0 Å². The van der Waals surface area contributed by atoms with Gasteiger partial charge in [0.2, 0.25) is 0 Å². The molecule has 1 aromatic heterocycles. The van der Waals surface area contributed by atoms with E-state index < -0.39 is 10.0 Å². The third kappa shape index (κ3) is 3.32. The Morgan fingerprint density at radius 2 is 2.21 bits per heavy atom. The van der Waals surface area contributed by atoms with Crippen LogP contribution in [-0.4, -0.2) is 41.7 Å². The predicted molar refractivity (Wildman–Crippen MR) is 73.5 cm³/mol. The first-order valence-corrected chi connectivity index (χ1v) is 7.48. The maximum absolute atomic E-state index is 12.3. The zero-order valence-corrected chi connectivity index (χ0v) is 12.5. The van der Waals surface area contributed by atoms with Gasteiger partial charge in [0, 0.05) is 32.3 Å². The Morgan fingerprint density at radius 1 is 1.63 bits per heavy atom. The SMILES string of the molecule is CCn1cc(S(=O)(=O)N(C)CC(C)C(=N)N)nc1C. The third-order valence-corrected chi connectivity index (χ3v) is 4.73. The maximum Gasteiger partial charge on any atom is 0.261 e. The second-order valence-electron chi connectivity index (χ2n) is 4.55. The Bertz CT molecular complexity index is 564. The minimum atomic E-state index is -3.63. The summed E-state index contributed by atoms with van der Waals surface area (Å²) in [7, 11) is -2.16. The lowest BCUT2D eigenvalue weighted by molar-refractivity contribution is 0.441. The molecule has 0 aliphatic carbocycles. The first-order valence-electron chi connectivity index (χ1n) is 6.04. The normalized spacial score (nSPS) is 13.7. The number of nitrogens with one attached hydrogen (secondary N) is 1. The van der Waals surface area contributed by atoms with Gasteiger partial charge in [-0.15, -0.1) is 0 Å². The lowest BCUT2D eigenvalue weighted by Gasteiger charge is -2.19. The minimum Gasteiger partial charge on any atom is -0.387 e. The lowest BCUT2D eigenvalue weighted by Crippen LogP contribution is -2.36. The van der Waals surface area contributed by atoms with Crippen molar-refractivity contribution in [1.82, 2.24) is 13.9 Å². The van der Waals surface area contributed by atoms with Gasteiger partial charge in [0.1, 0.15) is 5.82 Å². The van der Waals surface area contributed by atoms with Crippen molar-refractivity contribution in [3.63, 3.8) is 0 Å². The maximum atomic E-state index is 12.3. The number of hydrogen-bond acceptors (Lipinski definition) is 4. The van der Waals surface area contributed by atoms with Gasteiger partial charge in [0.05, 0.1) is 5.84 Å². The van der Waals surface area contributed by atoms with Gasteiger partial charge in [0.25, 0.3) is 10.0 Å². The second kappa shape index (κ2) is 5.70. The molecule has 0 aromatic carbocycles. The Labute approximate surface area is 114 Å². The Kier molecular flexibility index (Phi) is 4.70. The summed E-state index contributed by atoms with van der Waals surface area (Å²) in [5.74, 6) is 0.306. The number of nitrogens with two attached hydrogens (primary N) is 1. The van der Waals surface area contributed by atoms with E-state index in [-0.39, 0.29) is 23.3 Å². The number of aryl methyl sites for hydroxylation is 2. The third-order valence-electron chi connectivity index (χ3n) is 3.03. The molecule has 19 heavy (non-hydrogen) atoms. The number of amidine groups is 1. The van der Waals surface area contributed by atoms with Gasteiger partial charge in [0.15, 0.2) is 5.03 Å². The molecule has 8 heteroatoms. The minimum absolute atomic E-state index is 0.0303. The molecule has 0 aliphatic heterocycles. The van der Waals surface area contributed by atoms with Crippen LogP contribution < -0.4 is 5.73 Å². The van der Waals surface area contributed by atoms with E-state index >= 15 is 0 Å². The van der Waals surface area contributed by atoms with Gasteiger partial charge >= 0.3 is 0 Å². The van der Waals surface area contributed by atoms with Crippen LogP contribution in [0.3, 0.4) is 0 Å². The van der Waals surface area contributed by atoms with E-state index in [4.69, 9.17) is 11.1 Å². The van der Waals surface area contributed by atoms with Gasteiger partial charge < -0.3 is 10.3 Å². The molecule has 108 valence electrons. The molecule has 1 heterocycles. The smallest absolute Gasteiger partial charge is 0.261 e. The molecule has 0 radical (unpaired) electrons. The van der Waals surface area contributed by atoms with E-state index in [1.165, 1.54) is 17.5 Å². The van der Waals surface area contributed by atoms with Crippen molar-refractivity contribution < 1.29 is 8.42 Å². The summed E-state index contributed by atoms with van der Waals surface area (Å²) < 4.78 is 27.6. The number of nitrogens with zero attached hydrogens (tertiary/aromatic N) is 3. The van der Waals surface area contributed by atoms with Crippen LogP contribution in [0.25, 0.3) is 0 Å². The summed E-state index contributed by atoms with van der Waals surface area (Å²) in [6, 6.07) is 0. The Morgan fingerprint density at radius 3 is 2.63 bits per heavy atom. The first-order chi connectivity index (χ1) is 8.70. The topological polar surface area (TPSA) is 105 Å². The molecular formula is C11H21N5O2S. The van der Waals surface area contributed by atoms with Crippen molar-refractivity contribution in [1.29, 1.82) is 5.41 Å². The van der Waals surface area contributed by atoms with Crippen molar-refractivity contribution in [2.75, 3.05) is 13.6 Å². The zero-order chi connectivity index (χ0) is 14.8. The molecule has 0 fully saturated rings. The zero-order valence-electron chi connectivity index (χ0n) is 11.7. The van der Waals surface area contributed by atoms with E-state index in [9.17, 15) is 8.42 Å². The fraction of sp³-hybridized carbons (Fsp3) is 0.636. The predicted octanol–water partition coefficient (Wildman–Crippen LogP) is 0.404. The number of imidazole rings is 1. The lowest BCUT2D eigenvalue weighted by atomic mass is 10.2. The van der Waals surface area contributed by atoms with Crippen molar-refractivity contribution >= 4 is 15.9 Å². The molecule has 1 unspecified atom stereocenters. The molecule has 7 nitrogen and oxygen atoms in total. The van der Waals surface area contributed by atoms with Crippen LogP contribution in [0.5, 0.6) is 0 Å². The van der Waals surface area contributed by atoms with E-state index in [0.29, 0.717) is 12.4 Å². The highest BCUT2D eigenvalue weighted by atomic mass is 32.2. The summed E-state index contributed by atoms with van der Waals surface area (Å²) in [5.41, 5.74) is 5.36. The van der Waals surface area contributed by atoms with Crippen molar-refractivity contribution in [2.24, 2.45) is 11.7 Å². The van der Waals surface area contributed by atoms with E-state index in [2.05, 4.69) is 4.98 Å². The quantitative estimate of drug-likeness (QED) is 0.583. The molecule has 1 rings (SSSR count). The summed E-state index contributed by atoms with van der Waals surface area (Å²) in [4.78, 5) is 4.07. The number of aromatic nitrogens is 2. The van der Waals surface area contributed by atoms with Gasteiger partial charge in [-0.3, -0.25) is 5.41 Å². The van der Waals surface area contributed by atoms with Crippen LogP contribution in [0.1, 0.15) is 19.7 Å². The molecule has 0 aliphatic rings. The average Bonchev–Trinajstić information content (AvgIpc) is 2.70. The summed E-state index contributed by atoms with van der Waals surface area (Å²) in [6.07, 6.45) is 1.53. The number of rotatable bonds is 6. The van der Waals surface area contributed by atoms with Crippen molar-refractivity contribution in [3.05, 3.63) is 12.0 Å². The van der Waals surface area contributed by atoms with Crippen molar-refractivity contribution in [2.45, 2.75) is 32.3 Å². The second-order valence-corrected chi connectivity index (χ2v) is 6.55. The van der Waals surface area contributed by atoms with Gasteiger partial charge in [-0.05, 0) is 13.8 Å². The van der Waals surface area contributed by atoms with Crippen LogP contribution in [0.2, 0.25) is 0 Å². The monoisotopic (exact) mass is 287 g/mol. The van der Waals surface area contributed by atoms with Crippen molar-refractivity contribution in [3.8, 4) is 0 Å². The summed E-state index contributed by atoms with van der Waals surface area (Å²) in [6.45, 7) is 6.23. The highest BCUT2D eigenvalue weighted by Gasteiger charge is 2.26. The van der Waals surface area contributed by atoms with Crippen LogP contribution in [0.15, 0.2) is 11.2 Å². The molecule has 0 saturated carbocycles. The molecule has 0 amide bonds. The van der Waals surface area contributed by atoms with Gasteiger partial charge in [-0.25, -0.2) is 13.4 Å². The van der Waals surface area contributed by atoms with E-state index in [0.717, 1.165) is 0 Å². The van der Waals surface area contributed by atoms with E-state index in [1.54, 1.807) is 18.4 Å². The van der Waals surface area contributed by atoms with Crippen LogP contribution in [-0.2, 0) is 16.6 Å². The summed E-state index contributed by atoms with van der Waals surface area (Å²) in [5, 5.41) is 7.34. The average molecular weight is 287 g/mol. The largest absolute Gasteiger partial charge is 0.387 e. The van der Waals surface area contributed by atoms with E-state index in [1.807, 2.05) is 6.92 Å².